The van der Waals surface area contributed by atoms with E-state index in [0.717, 1.165) is 21.2 Å². The Hall–Kier alpha value is -2.64. The highest BCUT2D eigenvalue weighted by molar-refractivity contribution is 8.00. The Bertz CT molecular complexity index is 1050. The third-order valence-electron chi connectivity index (χ3n) is 4.21. The van der Waals surface area contributed by atoms with Crippen LogP contribution in [0.25, 0.3) is 11.3 Å². The quantitative estimate of drug-likeness (QED) is 0.668. The Morgan fingerprint density at radius 3 is 2.85 bits per heavy atom. The molecule has 0 bridgehead atoms. The number of amides is 2. The molecule has 1 aromatic heterocycles. The summed E-state index contributed by atoms with van der Waals surface area (Å²) in [5.41, 5.74) is 3.74. The van der Waals surface area contributed by atoms with E-state index in [4.69, 9.17) is 0 Å². The van der Waals surface area contributed by atoms with Crippen LogP contribution in [0.5, 0.6) is 0 Å². The number of hydrogen-bond donors (Lipinski definition) is 2. The number of thiazole rings is 1. The smallest absolute Gasteiger partial charge is 0.255 e. The lowest BCUT2D eigenvalue weighted by atomic mass is 10.1. The number of anilines is 2. The molecule has 2 amide bonds. The molecule has 1 aliphatic rings. The van der Waals surface area contributed by atoms with Crippen molar-refractivity contribution >= 4 is 46.3 Å². The topological polar surface area (TPSA) is 71.1 Å². The molecule has 2 heterocycles. The van der Waals surface area contributed by atoms with Gasteiger partial charge in [0.2, 0.25) is 5.91 Å². The lowest BCUT2D eigenvalue weighted by Crippen LogP contribution is -2.26. The van der Waals surface area contributed by atoms with Gasteiger partial charge in [0.05, 0.1) is 21.6 Å². The third kappa shape index (κ3) is 3.74. The summed E-state index contributed by atoms with van der Waals surface area (Å²) in [5, 5.41) is 8.65. The van der Waals surface area contributed by atoms with Gasteiger partial charge < -0.3 is 10.6 Å². The van der Waals surface area contributed by atoms with Gasteiger partial charge in [-0.05, 0) is 44.2 Å². The predicted molar refractivity (Wildman–Crippen MR) is 111 cm³/mol. The van der Waals surface area contributed by atoms with Crippen LogP contribution in [0.3, 0.4) is 0 Å². The number of nitrogens with zero attached hydrogens (tertiary/aromatic N) is 1. The van der Waals surface area contributed by atoms with Gasteiger partial charge in [-0.15, -0.1) is 23.1 Å². The number of aromatic nitrogens is 1. The first kappa shape index (κ1) is 17.8. The minimum atomic E-state index is -0.220. The molecule has 27 heavy (non-hydrogen) atoms. The standard InChI is InChI=1S/C20H17N3O2S2/c1-11-19(24)23-16-9-14(6-7-18(16)27-11)20(25)22-15-5-3-4-13(8-15)17-10-26-12(2)21-17/h3-11H,1-2H3,(H,22,25)(H,23,24). The van der Waals surface area contributed by atoms with Crippen molar-refractivity contribution in [2.45, 2.75) is 24.0 Å². The summed E-state index contributed by atoms with van der Waals surface area (Å²) in [6.45, 7) is 3.83. The van der Waals surface area contributed by atoms with Gasteiger partial charge in [0.15, 0.2) is 0 Å². The van der Waals surface area contributed by atoms with Gasteiger partial charge in [-0.2, -0.15) is 0 Å². The normalized spacial score (nSPS) is 15.8. The summed E-state index contributed by atoms with van der Waals surface area (Å²) in [7, 11) is 0. The number of aryl methyl sites for hydroxylation is 1. The van der Waals surface area contributed by atoms with Gasteiger partial charge in [-0.1, -0.05) is 12.1 Å². The summed E-state index contributed by atoms with van der Waals surface area (Å²) < 4.78 is 0. The number of thioether (sulfide) groups is 1. The van der Waals surface area contributed by atoms with E-state index >= 15 is 0 Å². The Morgan fingerprint density at radius 2 is 2.07 bits per heavy atom. The van der Waals surface area contributed by atoms with E-state index in [-0.39, 0.29) is 17.1 Å². The number of hydrogen-bond acceptors (Lipinski definition) is 5. The van der Waals surface area contributed by atoms with Crippen LogP contribution >= 0.6 is 23.1 Å². The molecule has 0 radical (unpaired) electrons. The maximum Gasteiger partial charge on any atom is 0.255 e. The highest BCUT2D eigenvalue weighted by Gasteiger charge is 2.23. The van der Waals surface area contributed by atoms with Crippen molar-refractivity contribution in [2.24, 2.45) is 0 Å². The van der Waals surface area contributed by atoms with E-state index in [1.54, 1.807) is 23.5 Å². The largest absolute Gasteiger partial charge is 0.324 e. The van der Waals surface area contributed by atoms with Gasteiger partial charge in [0, 0.05) is 27.1 Å². The molecular formula is C20H17N3O2S2. The Balaban J connectivity index is 1.55. The van der Waals surface area contributed by atoms with Crippen LogP contribution in [0.1, 0.15) is 22.3 Å². The molecule has 0 fully saturated rings. The molecule has 2 N–H and O–H groups in total. The lowest BCUT2D eigenvalue weighted by Gasteiger charge is -2.21. The van der Waals surface area contributed by atoms with Gasteiger partial charge in [0.1, 0.15) is 0 Å². The van der Waals surface area contributed by atoms with Gasteiger partial charge in [0.25, 0.3) is 5.91 Å². The molecule has 2 aromatic carbocycles. The van der Waals surface area contributed by atoms with Gasteiger partial charge in [-0.3, -0.25) is 9.59 Å². The molecule has 7 heteroatoms. The molecule has 0 aliphatic carbocycles. The zero-order valence-corrected chi connectivity index (χ0v) is 16.4. The van der Waals surface area contributed by atoms with Crippen molar-refractivity contribution in [1.29, 1.82) is 0 Å². The molecule has 4 rings (SSSR count). The van der Waals surface area contributed by atoms with Crippen molar-refractivity contribution in [2.75, 3.05) is 10.6 Å². The molecule has 0 spiro atoms. The Morgan fingerprint density at radius 1 is 1.22 bits per heavy atom. The van der Waals surface area contributed by atoms with E-state index < -0.39 is 0 Å². The molecule has 3 aromatic rings. The number of benzene rings is 2. The van der Waals surface area contributed by atoms with Crippen LogP contribution in [0.15, 0.2) is 52.7 Å². The molecule has 5 nitrogen and oxygen atoms in total. The number of rotatable bonds is 3. The maximum absolute atomic E-state index is 12.7. The summed E-state index contributed by atoms with van der Waals surface area (Å²) >= 11 is 3.09. The first-order chi connectivity index (χ1) is 13.0. The molecule has 1 unspecified atom stereocenters. The fourth-order valence-electron chi connectivity index (χ4n) is 2.81. The van der Waals surface area contributed by atoms with Crippen molar-refractivity contribution in [1.82, 2.24) is 4.98 Å². The van der Waals surface area contributed by atoms with Crippen LogP contribution < -0.4 is 10.6 Å². The first-order valence-corrected chi connectivity index (χ1v) is 10.2. The zero-order chi connectivity index (χ0) is 19.0. The number of nitrogens with one attached hydrogen (secondary N) is 2. The van der Waals surface area contributed by atoms with Crippen LogP contribution in [-0.4, -0.2) is 22.0 Å². The molecule has 136 valence electrons. The average molecular weight is 396 g/mol. The number of fused-ring (bicyclic) bond motifs is 1. The fraction of sp³-hybridized carbons (Fsp3) is 0.150. The summed E-state index contributed by atoms with van der Waals surface area (Å²) in [6, 6.07) is 13.0. The Kier molecular flexibility index (Phi) is 4.72. The van der Waals surface area contributed by atoms with E-state index in [1.165, 1.54) is 11.8 Å². The highest BCUT2D eigenvalue weighted by atomic mass is 32.2. The van der Waals surface area contributed by atoms with Crippen LogP contribution in [0.4, 0.5) is 11.4 Å². The molecule has 1 atom stereocenters. The minimum Gasteiger partial charge on any atom is -0.324 e. The predicted octanol–water partition coefficient (Wildman–Crippen LogP) is 4.80. The van der Waals surface area contributed by atoms with Crippen LogP contribution in [-0.2, 0) is 4.79 Å². The van der Waals surface area contributed by atoms with E-state index in [1.807, 2.05) is 49.6 Å². The van der Waals surface area contributed by atoms with Crippen molar-refractivity contribution in [3.8, 4) is 11.3 Å². The molecular weight excluding hydrogens is 378 g/mol. The summed E-state index contributed by atoms with van der Waals surface area (Å²) in [4.78, 5) is 30.0. The maximum atomic E-state index is 12.7. The molecule has 1 aliphatic heterocycles. The highest BCUT2D eigenvalue weighted by Crippen LogP contribution is 2.36. The van der Waals surface area contributed by atoms with Crippen LogP contribution in [0, 0.1) is 6.92 Å². The molecule has 0 saturated heterocycles. The van der Waals surface area contributed by atoms with Gasteiger partial charge in [-0.25, -0.2) is 4.98 Å². The fourth-order valence-corrected chi connectivity index (χ4v) is 4.36. The SMILES string of the molecule is Cc1nc(-c2cccc(NC(=O)c3ccc4c(c3)NC(=O)C(C)S4)c2)cs1. The van der Waals surface area contributed by atoms with Crippen molar-refractivity contribution in [3.05, 3.63) is 58.4 Å². The molecule has 0 saturated carbocycles. The second kappa shape index (κ2) is 7.17. The zero-order valence-electron chi connectivity index (χ0n) is 14.8. The number of carbonyl (C=O) groups is 2. The Labute approximate surface area is 165 Å². The van der Waals surface area contributed by atoms with E-state index in [0.29, 0.717) is 16.9 Å². The number of carbonyl (C=O) groups excluding carboxylic acids is 2. The average Bonchev–Trinajstić information content (AvgIpc) is 3.09. The van der Waals surface area contributed by atoms with Crippen molar-refractivity contribution in [3.63, 3.8) is 0 Å². The van der Waals surface area contributed by atoms with Crippen LogP contribution in [0.2, 0.25) is 0 Å². The second-order valence-corrected chi connectivity index (χ2v) is 8.69. The van der Waals surface area contributed by atoms with E-state index in [9.17, 15) is 9.59 Å². The third-order valence-corrected chi connectivity index (χ3v) is 6.16. The lowest BCUT2D eigenvalue weighted by molar-refractivity contribution is -0.115. The van der Waals surface area contributed by atoms with E-state index in [2.05, 4.69) is 15.6 Å². The monoisotopic (exact) mass is 395 g/mol. The summed E-state index contributed by atoms with van der Waals surface area (Å²) in [5.74, 6) is -0.265. The van der Waals surface area contributed by atoms with Crippen molar-refractivity contribution < 1.29 is 9.59 Å². The second-order valence-electron chi connectivity index (χ2n) is 6.25. The van der Waals surface area contributed by atoms with Gasteiger partial charge >= 0.3 is 0 Å². The summed E-state index contributed by atoms with van der Waals surface area (Å²) in [6.07, 6.45) is 0. The first-order valence-electron chi connectivity index (χ1n) is 8.45. The minimum absolute atomic E-state index is 0.0451.